The number of piperidine rings is 1. The Morgan fingerprint density at radius 2 is 1.82 bits per heavy atom. The summed E-state index contributed by atoms with van der Waals surface area (Å²) < 4.78 is 47.4. The molecule has 2 aromatic carbocycles. The number of likely N-dealkylation sites (tertiary alicyclic amines) is 1. The quantitative estimate of drug-likeness (QED) is 0.529. The second kappa shape index (κ2) is 9.70. The predicted molar refractivity (Wildman–Crippen MR) is 134 cm³/mol. The Balaban J connectivity index is 1.13. The van der Waals surface area contributed by atoms with Crippen molar-refractivity contribution in [1.29, 1.82) is 0 Å². The third-order valence-electron chi connectivity index (χ3n) is 8.04. The molecule has 0 saturated carbocycles. The lowest BCUT2D eigenvalue weighted by Crippen LogP contribution is -2.65. The fourth-order valence-corrected chi connectivity index (χ4v) is 5.95. The van der Waals surface area contributed by atoms with Gasteiger partial charge in [0, 0.05) is 49.1 Å². The topological polar surface area (TPSA) is 108 Å². The standard InChI is InChI=1S/C28H27F3N4O5/c29-28(30,31)23(17-3-1-16(2-4-17)10-34-12-27(13-34)14-40-15-27)33-24(37)18-5-6-20-19(9-18)11-35(26(20)39)21-7-8-22(36)32-25(21)38/h1-6,9,21,23H,7-8,10-15H2,(H,33,37)(H,32,36,38)/t21?,23-/m1/s1. The van der Waals surface area contributed by atoms with Crippen LogP contribution >= 0.6 is 0 Å². The Kier molecular flexibility index (Phi) is 6.42. The second-order valence-corrected chi connectivity index (χ2v) is 11.1. The molecule has 4 aliphatic rings. The molecule has 0 aromatic heterocycles. The maximum absolute atomic E-state index is 14.0. The molecule has 2 atom stereocenters. The molecule has 12 heteroatoms. The molecular weight excluding hydrogens is 529 g/mol. The highest BCUT2D eigenvalue weighted by Gasteiger charge is 2.48. The zero-order valence-electron chi connectivity index (χ0n) is 21.4. The number of ether oxygens (including phenoxy) is 1. The highest BCUT2D eigenvalue weighted by molar-refractivity contribution is 6.06. The summed E-state index contributed by atoms with van der Waals surface area (Å²) in [5.41, 5.74) is 1.71. The third-order valence-corrected chi connectivity index (χ3v) is 8.04. The summed E-state index contributed by atoms with van der Waals surface area (Å²) in [6.45, 7) is 3.98. The molecule has 9 nitrogen and oxygen atoms in total. The van der Waals surface area contributed by atoms with Gasteiger partial charge in [-0.3, -0.25) is 29.4 Å². The summed E-state index contributed by atoms with van der Waals surface area (Å²) in [5, 5.41) is 4.31. The first-order valence-electron chi connectivity index (χ1n) is 13.1. The zero-order valence-corrected chi connectivity index (χ0v) is 21.4. The third kappa shape index (κ3) is 4.86. The number of amides is 4. The van der Waals surface area contributed by atoms with Crippen LogP contribution in [0.1, 0.15) is 56.3 Å². The van der Waals surface area contributed by atoms with Crippen LogP contribution in [0.2, 0.25) is 0 Å². The number of carbonyl (C=O) groups is 4. The lowest BCUT2D eigenvalue weighted by atomic mass is 9.78. The number of fused-ring (bicyclic) bond motifs is 1. The van der Waals surface area contributed by atoms with Gasteiger partial charge in [0.05, 0.1) is 13.2 Å². The van der Waals surface area contributed by atoms with Crippen molar-refractivity contribution in [3.05, 3.63) is 70.3 Å². The van der Waals surface area contributed by atoms with Crippen molar-refractivity contribution in [2.45, 2.75) is 44.2 Å². The van der Waals surface area contributed by atoms with Crippen LogP contribution in [0.25, 0.3) is 0 Å². The van der Waals surface area contributed by atoms with Crippen molar-refractivity contribution < 1.29 is 37.1 Å². The molecule has 4 heterocycles. The molecule has 1 spiro atoms. The first kappa shape index (κ1) is 26.5. The summed E-state index contributed by atoms with van der Waals surface area (Å²) in [7, 11) is 0. The summed E-state index contributed by atoms with van der Waals surface area (Å²) in [6, 6.07) is 7.06. The molecule has 0 radical (unpaired) electrons. The normalized spacial score (nSPS) is 22.8. The van der Waals surface area contributed by atoms with Crippen molar-refractivity contribution in [2.75, 3.05) is 26.3 Å². The smallest absolute Gasteiger partial charge is 0.380 e. The minimum absolute atomic E-state index is 0.0108. The Morgan fingerprint density at radius 1 is 1.10 bits per heavy atom. The molecule has 2 aromatic rings. The first-order chi connectivity index (χ1) is 19.0. The summed E-state index contributed by atoms with van der Waals surface area (Å²) in [6.07, 6.45) is -4.46. The van der Waals surface area contributed by atoms with Gasteiger partial charge in [0.25, 0.3) is 11.8 Å². The van der Waals surface area contributed by atoms with E-state index in [2.05, 4.69) is 15.5 Å². The molecule has 3 saturated heterocycles. The summed E-state index contributed by atoms with van der Waals surface area (Å²) in [4.78, 5) is 53.1. The number of carbonyl (C=O) groups excluding carboxylic acids is 4. The van der Waals surface area contributed by atoms with E-state index in [9.17, 15) is 32.3 Å². The van der Waals surface area contributed by atoms with Crippen LogP contribution in [-0.2, 0) is 27.4 Å². The number of hydrogen-bond donors (Lipinski definition) is 2. The Hall–Kier alpha value is -3.77. The van der Waals surface area contributed by atoms with Gasteiger partial charge >= 0.3 is 6.18 Å². The molecule has 4 aliphatic heterocycles. The second-order valence-electron chi connectivity index (χ2n) is 11.1. The molecule has 1 unspecified atom stereocenters. The van der Waals surface area contributed by atoms with Crippen molar-refractivity contribution in [3.63, 3.8) is 0 Å². The van der Waals surface area contributed by atoms with Crippen molar-refractivity contribution in [3.8, 4) is 0 Å². The van der Waals surface area contributed by atoms with Crippen LogP contribution in [0, 0.1) is 5.41 Å². The Labute approximate surface area is 227 Å². The van der Waals surface area contributed by atoms with E-state index in [0.717, 1.165) is 31.9 Å². The van der Waals surface area contributed by atoms with Crippen molar-refractivity contribution in [2.24, 2.45) is 5.41 Å². The highest BCUT2D eigenvalue weighted by Crippen LogP contribution is 2.38. The van der Waals surface area contributed by atoms with E-state index in [0.29, 0.717) is 12.1 Å². The molecule has 6 rings (SSSR count). The minimum atomic E-state index is -4.74. The van der Waals surface area contributed by atoms with Gasteiger partial charge in [0.1, 0.15) is 6.04 Å². The zero-order chi connectivity index (χ0) is 28.2. The van der Waals surface area contributed by atoms with Gasteiger partial charge < -0.3 is 15.0 Å². The molecule has 0 aliphatic carbocycles. The molecule has 2 N–H and O–H groups in total. The molecule has 0 bridgehead atoms. The van der Waals surface area contributed by atoms with Crippen LogP contribution in [0.3, 0.4) is 0 Å². The minimum Gasteiger partial charge on any atom is -0.380 e. The van der Waals surface area contributed by atoms with E-state index >= 15 is 0 Å². The van der Waals surface area contributed by atoms with E-state index in [4.69, 9.17) is 4.74 Å². The van der Waals surface area contributed by atoms with Gasteiger partial charge in [-0.1, -0.05) is 24.3 Å². The molecule has 3 fully saturated rings. The number of nitrogens with one attached hydrogen (secondary N) is 2. The number of rotatable bonds is 6. The molecule has 4 amide bonds. The fourth-order valence-electron chi connectivity index (χ4n) is 5.95. The maximum atomic E-state index is 14.0. The van der Waals surface area contributed by atoms with Crippen LogP contribution < -0.4 is 10.6 Å². The first-order valence-corrected chi connectivity index (χ1v) is 13.1. The average Bonchev–Trinajstić information content (AvgIpc) is 3.18. The van der Waals surface area contributed by atoms with Crippen LogP contribution in [-0.4, -0.2) is 71.9 Å². The van der Waals surface area contributed by atoms with Gasteiger partial charge in [0.2, 0.25) is 11.8 Å². The van der Waals surface area contributed by atoms with Gasteiger partial charge in [0.15, 0.2) is 6.04 Å². The number of alkyl halides is 3. The van der Waals surface area contributed by atoms with E-state index in [1.807, 2.05) is 0 Å². The number of hydrogen-bond acceptors (Lipinski definition) is 6. The number of benzene rings is 2. The molecule has 40 heavy (non-hydrogen) atoms. The highest BCUT2D eigenvalue weighted by atomic mass is 19.4. The van der Waals surface area contributed by atoms with Crippen molar-refractivity contribution >= 4 is 23.6 Å². The van der Waals surface area contributed by atoms with Gasteiger partial charge in [-0.25, -0.2) is 0 Å². The number of nitrogens with zero attached hydrogens (tertiary/aromatic N) is 2. The number of halogens is 3. The fraction of sp³-hybridized carbons (Fsp3) is 0.429. The summed E-state index contributed by atoms with van der Waals surface area (Å²) in [5.74, 6) is -2.35. The Morgan fingerprint density at radius 3 is 2.45 bits per heavy atom. The van der Waals surface area contributed by atoms with Gasteiger partial charge in [-0.2, -0.15) is 13.2 Å². The van der Waals surface area contributed by atoms with Crippen LogP contribution in [0.4, 0.5) is 13.2 Å². The van der Waals surface area contributed by atoms with E-state index in [1.165, 1.54) is 35.2 Å². The van der Waals surface area contributed by atoms with Crippen LogP contribution in [0.5, 0.6) is 0 Å². The monoisotopic (exact) mass is 556 g/mol. The summed E-state index contributed by atoms with van der Waals surface area (Å²) >= 11 is 0. The molecular formula is C28H27F3N4O5. The largest absolute Gasteiger partial charge is 0.412 e. The number of imide groups is 1. The van der Waals surface area contributed by atoms with Crippen LogP contribution in [0.15, 0.2) is 42.5 Å². The maximum Gasteiger partial charge on any atom is 0.412 e. The van der Waals surface area contributed by atoms with Gasteiger partial charge in [-0.15, -0.1) is 0 Å². The van der Waals surface area contributed by atoms with Gasteiger partial charge in [-0.05, 0) is 41.3 Å². The van der Waals surface area contributed by atoms with E-state index in [-0.39, 0.29) is 41.5 Å². The van der Waals surface area contributed by atoms with Crippen molar-refractivity contribution in [1.82, 2.24) is 20.4 Å². The van der Waals surface area contributed by atoms with E-state index < -0.39 is 41.9 Å². The molecule has 210 valence electrons. The lowest BCUT2D eigenvalue weighted by molar-refractivity contribution is -0.191. The predicted octanol–water partition coefficient (Wildman–Crippen LogP) is 2.31. The van der Waals surface area contributed by atoms with E-state index in [1.54, 1.807) is 12.1 Å². The average molecular weight is 557 g/mol. The lowest BCUT2D eigenvalue weighted by Gasteiger charge is -2.55. The Bertz CT molecular complexity index is 1380. The SMILES string of the molecule is O=C1CCC(N2Cc3cc(C(=O)N[C@H](c4ccc(CN5CC6(COC6)C5)cc4)C(F)(F)F)ccc3C2=O)C(=O)N1.